The molecule has 0 bridgehead atoms. The van der Waals surface area contributed by atoms with E-state index >= 15 is 0 Å². The van der Waals surface area contributed by atoms with E-state index in [1.165, 1.54) is 109 Å². The number of unbranched alkanes of at least 4 members (excludes halogenated alkanes) is 24. The minimum Gasteiger partial charge on any atom is -0.462 e. The standard InChI is InChI=1S/C54H95NO5/c1-4-7-10-13-16-19-22-24-25-26-27-28-29-32-35-38-41-44-47-54(59)60-50(45-42-39-36-33-30-21-18-15-12-9-6-3)48-53(58)55-51(49-56)52(57)46-43-40-37-34-31-23-20-17-14-11-8-5-2/h9,12,15,18,21,25-28,30,33,36,50-52,56-57H,4-8,10-11,13-14,16-17,19-20,22-24,29,31-32,34-35,37-49H2,1-3H3,(H,55,58)/b12-9+,18-15+,26-25+,28-27+,30-21-,36-33-. The van der Waals surface area contributed by atoms with Gasteiger partial charge in [0.15, 0.2) is 0 Å². The van der Waals surface area contributed by atoms with Gasteiger partial charge in [0.05, 0.1) is 25.2 Å². The minimum absolute atomic E-state index is 0.0229. The van der Waals surface area contributed by atoms with E-state index in [2.05, 4.69) is 62.5 Å². The summed E-state index contributed by atoms with van der Waals surface area (Å²) in [5, 5.41) is 23.7. The average Bonchev–Trinajstić information content (AvgIpc) is 3.24. The Morgan fingerprint density at radius 2 is 0.917 bits per heavy atom. The molecule has 3 atom stereocenters. The summed E-state index contributed by atoms with van der Waals surface area (Å²) in [7, 11) is 0. The molecule has 0 aromatic heterocycles. The molecular formula is C54H95NO5. The molecule has 0 rings (SSSR count). The molecule has 0 aromatic rings. The second-order valence-corrected chi connectivity index (χ2v) is 17.0. The number of carbonyl (C=O) groups is 2. The van der Waals surface area contributed by atoms with E-state index in [4.69, 9.17) is 4.74 Å². The van der Waals surface area contributed by atoms with Crippen molar-refractivity contribution in [1.29, 1.82) is 0 Å². The molecule has 0 aromatic carbocycles. The number of nitrogens with one attached hydrogen (secondary N) is 1. The van der Waals surface area contributed by atoms with Crippen LogP contribution in [0.2, 0.25) is 0 Å². The maximum absolute atomic E-state index is 13.2. The van der Waals surface area contributed by atoms with E-state index in [0.717, 1.165) is 77.0 Å². The molecule has 0 aliphatic rings. The molecule has 0 saturated heterocycles. The average molecular weight is 838 g/mol. The molecule has 6 heteroatoms. The van der Waals surface area contributed by atoms with Crippen LogP contribution in [-0.2, 0) is 14.3 Å². The van der Waals surface area contributed by atoms with Crippen LogP contribution in [-0.4, -0.2) is 46.9 Å². The predicted octanol–water partition coefficient (Wildman–Crippen LogP) is 15.0. The van der Waals surface area contributed by atoms with Crippen LogP contribution in [0, 0.1) is 0 Å². The molecule has 0 radical (unpaired) electrons. The quantitative estimate of drug-likeness (QED) is 0.0323. The van der Waals surface area contributed by atoms with Gasteiger partial charge in [-0.2, -0.15) is 0 Å². The highest BCUT2D eigenvalue weighted by Gasteiger charge is 2.24. The van der Waals surface area contributed by atoms with Crippen LogP contribution in [0.5, 0.6) is 0 Å². The van der Waals surface area contributed by atoms with E-state index in [9.17, 15) is 19.8 Å². The van der Waals surface area contributed by atoms with Crippen molar-refractivity contribution < 1.29 is 24.5 Å². The smallest absolute Gasteiger partial charge is 0.306 e. The highest BCUT2D eigenvalue weighted by Crippen LogP contribution is 2.17. The third-order valence-corrected chi connectivity index (χ3v) is 11.1. The summed E-state index contributed by atoms with van der Waals surface area (Å²) < 4.78 is 5.88. The molecule has 0 aliphatic heterocycles. The molecule has 60 heavy (non-hydrogen) atoms. The highest BCUT2D eigenvalue weighted by molar-refractivity contribution is 5.77. The maximum Gasteiger partial charge on any atom is 0.306 e. The molecule has 0 fully saturated rings. The first-order valence-electron chi connectivity index (χ1n) is 25.2. The first-order valence-corrected chi connectivity index (χ1v) is 25.2. The molecular weight excluding hydrogens is 743 g/mol. The van der Waals surface area contributed by atoms with Gasteiger partial charge in [0.1, 0.15) is 6.10 Å². The number of aliphatic hydroxyl groups excluding tert-OH is 2. The Kier molecular flexibility index (Phi) is 45.2. The minimum atomic E-state index is -0.809. The number of ether oxygens (including phenoxy) is 1. The Morgan fingerprint density at radius 1 is 0.500 bits per heavy atom. The molecule has 6 nitrogen and oxygen atoms in total. The van der Waals surface area contributed by atoms with Gasteiger partial charge < -0.3 is 20.3 Å². The molecule has 0 spiro atoms. The topological polar surface area (TPSA) is 95.9 Å². The zero-order valence-electron chi connectivity index (χ0n) is 39.3. The number of hydrogen-bond acceptors (Lipinski definition) is 5. The summed E-state index contributed by atoms with van der Waals surface area (Å²) in [5.41, 5.74) is 0. The second-order valence-electron chi connectivity index (χ2n) is 17.0. The van der Waals surface area contributed by atoms with E-state index in [-0.39, 0.29) is 24.9 Å². The number of hydrogen-bond donors (Lipinski definition) is 3. The van der Waals surface area contributed by atoms with Gasteiger partial charge in [-0.05, 0) is 64.2 Å². The van der Waals surface area contributed by atoms with Crippen LogP contribution in [0.15, 0.2) is 72.9 Å². The Labute approximate surface area is 371 Å². The van der Waals surface area contributed by atoms with Crippen molar-refractivity contribution in [3.63, 3.8) is 0 Å². The number of allylic oxidation sites excluding steroid dienone is 12. The Bertz CT molecular complexity index is 1120. The van der Waals surface area contributed by atoms with Gasteiger partial charge in [-0.25, -0.2) is 0 Å². The van der Waals surface area contributed by atoms with Crippen molar-refractivity contribution in [2.24, 2.45) is 0 Å². The first kappa shape index (κ1) is 57.3. The van der Waals surface area contributed by atoms with E-state index in [1.807, 2.05) is 36.5 Å². The fourth-order valence-corrected chi connectivity index (χ4v) is 7.32. The third kappa shape index (κ3) is 42.0. The van der Waals surface area contributed by atoms with Crippen molar-refractivity contribution in [2.75, 3.05) is 6.61 Å². The van der Waals surface area contributed by atoms with Crippen LogP contribution in [0.4, 0.5) is 0 Å². The van der Waals surface area contributed by atoms with Crippen molar-refractivity contribution >= 4 is 11.9 Å². The fourth-order valence-electron chi connectivity index (χ4n) is 7.32. The number of amides is 1. The largest absolute Gasteiger partial charge is 0.462 e. The summed E-state index contributed by atoms with van der Waals surface area (Å²) in [6.45, 7) is 6.30. The molecule has 1 amide bonds. The lowest BCUT2D eigenvalue weighted by Crippen LogP contribution is -2.46. The molecule has 0 saturated carbocycles. The van der Waals surface area contributed by atoms with Gasteiger partial charge in [-0.1, -0.05) is 229 Å². The van der Waals surface area contributed by atoms with E-state index < -0.39 is 18.2 Å². The summed E-state index contributed by atoms with van der Waals surface area (Å²) in [5.74, 6) is -0.562. The third-order valence-electron chi connectivity index (χ3n) is 11.1. The van der Waals surface area contributed by atoms with E-state index in [1.54, 1.807) is 0 Å². The van der Waals surface area contributed by atoms with Crippen molar-refractivity contribution in [1.82, 2.24) is 5.32 Å². The maximum atomic E-state index is 13.2. The Balaban J connectivity index is 4.62. The predicted molar refractivity (Wildman–Crippen MR) is 259 cm³/mol. The van der Waals surface area contributed by atoms with Gasteiger partial charge in [0.2, 0.25) is 5.91 Å². The number of carbonyl (C=O) groups excluding carboxylic acids is 2. The SMILES string of the molecule is CC/C=C/C=C/C=C\C=C/CCCC(CC(=O)NC(CO)C(O)CCCCCCCCCCCCCC)OC(=O)CCCCCCC/C=C/C=C/CCCCCCCCC. The van der Waals surface area contributed by atoms with Gasteiger partial charge >= 0.3 is 5.97 Å². The number of rotatable bonds is 44. The summed E-state index contributed by atoms with van der Waals surface area (Å²) in [6.07, 6.45) is 59.7. The van der Waals surface area contributed by atoms with Crippen LogP contribution in [0.25, 0.3) is 0 Å². The van der Waals surface area contributed by atoms with E-state index in [0.29, 0.717) is 19.3 Å². The van der Waals surface area contributed by atoms with Gasteiger partial charge in [0, 0.05) is 6.42 Å². The van der Waals surface area contributed by atoms with Crippen LogP contribution < -0.4 is 5.32 Å². The first-order chi connectivity index (χ1) is 29.5. The van der Waals surface area contributed by atoms with Crippen LogP contribution >= 0.6 is 0 Å². The summed E-state index contributed by atoms with van der Waals surface area (Å²) in [4.78, 5) is 26.1. The number of aliphatic hydroxyl groups is 2. The zero-order chi connectivity index (χ0) is 43.8. The van der Waals surface area contributed by atoms with Gasteiger partial charge in [0.25, 0.3) is 0 Å². The lowest BCUT2D eigenvalue weighted by atomic mass is 10.0. The van der Waals surface area contributed by atoms with Crippen molar-refractivity contribution in [2.45, 2.75) is 251 Å². The molecule has 3 N–H and O–H groups in total. The van der Waals surface area contributed by atoms with Gasteiger partial charge in [-0.3, -0.25) is 9.59 Å². The van der Waals surface area contributed by atoms with Crippen LogP contribution in [0.1, 0.15) is 233 Å². The second kappa shape index (κ2) is 47.4. The molecule has 0 aliphatic carbocycles. The summed E-state index contributed by atoms with van der Waals surface area (Å²) >= 11 is 0. The number of esters is 1. The van der Waals surface area contributed by atoms with Crippen LogP contribution in [0.3, 0.4) is 0 Å². The van der Waals surface area contributed by atoms with Crippen molar-refractivity contribution in [3.05, 3.63) is 72.9 Å². The molecule has 3 unspecified atom stereocenters. The monoisotopic (exact) mass is 838 g/mol. The highest BCUT2D eigenvalue weighted by atomic mass is 16.5. The zero-order valence-corrected chi connectivity index (χ0v) is 39.3. The van der Waals surface area contributed by atoms with Crippen molar-refractivity contribution in [3.8, 4) is 0 Å². The molecule has 0 heterocycles. The Morgan fingerprint density at radius 3 is 1.42 bits per heavy atom. The lowest BCUT2D eigenvalue weighted by Gasteiger charge is -2.24. The van der Waals surface area contributed by atoms with Gasteiger partial charge in [-0.15, -0.1) is 0 Å². The fraction of sp³-hybridized carbons (Fsp3) is 0.741. The summed E-state index contributed by atoms with van der Waals surface area (Å²) in [6, 6.07) is -0.727. The lowest BCUT2D eigenvalue weighted by molar-refractivity contribution is -0.151. The molecule has 346 valence electrons. The normalized spacial score (nSPS) is 13.9. The Hall–Kier alpha value is -2.70.